The molecule has 1 amide bonds. The van der Waals surface area contributed by atoms with Crippen molar-refractivity contribution in [1.29, 1.82) is 0 Å². The Balaban J connectivity index is 1.67. The molecule has 29 heavy (non-hydrogen) atoms. The number of thiol groups is 1. The summed E-state index contributed by atoms with van der Waals surface area (Å²) in [6.45, 7) is 7.71. The van der Waals surface area contributed by atoms with E-state index in [-0.39, 0.29) is 11.3 Å². The van der Waals surface area contributed by atoms with Gasteiger partial charge in [-0.1, -0.05) is 43.0 Å². The van der Waals surface area contributed by atoms with Crippen LogP contribution in [0.15, 0.2) is 43.1 Å². The smallest absolute Gasteiger partial charge is 0.278 e. The summed E-state index contributed by atoms with van der Waals surface area (Å²) < 4.78 is 1.92. The highest BCUT2D eigenvalue weighted by Crippen LogP contribution is 2.32. The molecule has 3 atom stereocenters. The molecule has 1 saturated heterocycles. The Hall–Kier alpha value is -2.28. The number of carbonyl (C=O) groups is 1. The van der Waals surface area contributed by atoms with Gasteiger partial charge in [-0.05, 0) is 43.2 Å². The summed E-state index contributed by atoms with van der Waals surface area (Å²) in [5, 5.41) is 8.59. The van der Waals surface area contributed by atoms with Gasteiger partial charge in [0.1, 0.15) is 5.69 Å². The molecule has 6 nitrogen and oxygen atoms in total. The second kappa shape index (κ2) is 9.48. The zero-order valence-electron chi connectivity index (χ0n) is 17.5. The Kier molecular flexibility index (Phi) is 7.00. The van der Waals surface area contributed by atoms with Gasteiger partial charge < -0.3 is 9.80 Å². The van der Waals surface area contributed by atoms with Gasteiger partial charge in [-0.2, -0.15) is 0 Å². The van der Waals surface area contributed by atoms with Gasteiger partial charge in [0.15, 0.2) is 0 Å². The third-order valence-corrected chi connectivity index (χ3v) is 6.25. The fourth-order valence-electron chi connectivity index (χ4n) is 4.19. The van der Waals surface area contributed by atoms with Crippen LogP contribution < -0.4 is 4.90 Å². The molecule has 1 fully saturated rings. The first-order valence-electron chi connectivity index (χ1n) is 10.2. The van der Waals surface area contributed by atoms with Crippen molar-refractivity contribution >= 4 is 23.6 Å². The summed E-state index contributed by atoms with van der Waals surface area (Å²) in [7, 11) is 4.06. The molecule has 1 aromatic heterocycles. The highest BCUT2D eigenvalue weighted by atomic mass is 32.1. The molecule has 1 aromatic carbocycles. The van der Waals surface area contributed by atoms with Crippen molar-refractivity contribution in [3.63, 3.8) is 0 Å². The molecular weight excluding hydrogens is 382 g/mol. The largest absolute Gasteiger partial charge is 0.378 e. The van der Waals surface area contributed by atoms with Crippen LogP contribution in [-0.2, 0) is 6.54 Å². The second-order valence-electron chi connectivity index (χ2n) is 7.99. The number of allylic oxidation sites excluding steroid dienone is 1. The highest BCUT2D eigenvalue weighted by molar-refractivity contribution is 7.96. The minimum atomic E-state index is -0.119. The quantitative estimate of drug-likeness (QED) is 0.541. The molecule has 0 aliphatic carbocycles. The molecule has 3 rings (SSSR count). The number of amides is 1. The molecule has 3 unspecified atom stereocenters. The van der Waals surface area contributed by atoms with Gasteiger partial charge >= 0.3 is 0 Å². The molecule has 0 radical (unpaired) electrons. The third-order valence-electron chi connectivity index (χ3n) is 6.00. The van der Waals surface area contributed by atoms with Crippen LogP contribution in [-0.4, -0.2) is 51.8 Å². The van der Waals surface area contributed by atoms with Crippen LogP contribution in [0.2, 0.25) is 0 Å². The highest BCUT2D eigenvalue weighted by Gasteiger charge is 2.32. The number of anilines is 1. The zero-order valence-corrected chi connectivity index (χ0v) is 18.4. The summed E-state index contributed by atoms with van der Waals surface area (Å²) in [5.41, 5.74) is 3.09. The first-order chi connectivity index (χ1) is 13.9. The van der Waals surface area contributed by atoms with Crippen LogP contribution in [0.5, 0.6) is 0 Å². The molecule has 156 valence electrons. The maximum Gasteiger partial charge on any atom is 0.278 e. The first-order valence-corrected chi connectivity index (χ1v) is 10.7. The molecule has 0 N–H and O–H groups in total. The SMILES string of the molecule is C=CC(Cn1cc(-c2ccc(N(C)C)cc2)nn1)C1CCN(C(=O)S)C(CC)C1. The van der Waals surface area contributed by atoms with Gasteiger partial charge in [-0.15, -0.1) is 11.7 Å². The Labute approximate surface area is 179 Å². The predicted molar refractivity (Wildman–Crippen MR) is 121 cm³/mol. The number of piperidine rings is 1. The Morgan fingerprint density at radius 3 is 2.69 bits per heavy atom. The minimum Gasteiger partial charge on any atom is -0.378 e. The summed E-state index contributed by atoms with van der Waals surface area (Å²) in [4.78, 5) is 15.7. The van der Waals surface area contributed by atoms with Gasteiger partial charge in [0.05, 0.1) is 6.20 Å². The minimum absolute atomic E-state index is 0.119. The van der Waals surface area contributed by atoms with E-state index in [4.69, 9.17) is 0 Å². The fraction of sp³-hybridized carbons (Fsp3) is 0.500. The lowest BCUT2D eigenvalue weighted by atomic mass is 9.80. The summed E-state index contributed by atoms with van der Waals surface area (Å²) in [5.74, 6) is 0.778. The number of hydrogen-bond acceptors (Lipinski definition) is 4. The lowest BCUT2D eigenvalue weighted by molar-refractivity contribution is 0.121. The Morgan fingerprint density at radius 1 is 1.38 bits per heavy atom. The number of carbonyl (C=O) groups excluding carboxylic acids is 1. The van der Waals surface area contributed by atoms with Gasteiger partial charge in [-0.25, -0.2) is 0 Å². The number of rotatable bonds is 7. The maximum absolute atomic E-state index is 11.7. The van der Waals surface area contributed by atoms with Crippen LogP contribution in [0, 0.1) is 11.8 Å². The van der Waals surface area contributed by atoms with E-state index in [1.165, 1.54) is 0 Å². The third kappa shape index (κ3) is 5.01. The van der Waals surface area contributed by atoms with E-state index in [9.17, 15) is 4.79 Å². The zero-order chi connectivity index (χ0) is 21.0. The predicted octanol–water partition coefficient (Wildman–Crippen LogP) is 4.35. The molecule has 2 heterocycles. The van der Waals surface area contributed by atoms with Gasteiger partial charge in [0, 0.05) is 44.5 Å². The van der Waals surface area contributed by atoms with Crippen molar-refractivity contribution < 1.29 is 4.79 Å². The maximum atomic E-state index is 11.7. The molecule has 2 aromatic rings. The lowest BCUT2D eigenvalue weighted by Crippen LogP contribution is -2.45. The molecule has 0 saturated carbocycles. The summed E-state index contributed by atoms with van der Waals surface area (Å²) >= 11 is 4.04. The average Bonchev–Trinajstić information content (AvgIpc) is 3.20. The first kappa shape index (κ1) is 21.4. The van der Waals surface area contributed by atoms with Crippen molar-refractivity contribution in [2.75, 3.05) is 25.5 Å². The summed E-state index contributed by atoms with van der Waals surface area (Å²) in [6, 6.07) is 8.57. The van der Waals surface area contributed by atoms with Gasteiger partial charge in [0.25, 0.3) is 5.24 Å². The molecular formula is C22H31N5OS. The van der Waals surface area contributed by atoms with Crippen LogP contribution >= 0.6 is 12.6 Å². The van der Waals surface area contributed by atoms with E-state index in [2.05, 4.69) is 65.6 Å². The van der Waals surface area contributed by atoms with E-state index in [0.717, 1.165) is 49.3 Å². The molecule has 1 aliphatic heterocycles. The standard InChI is InChI=1S/C22H31N5OS/c1-5-16(18-11-12-27(22(28)29)19(6-2)13-18)14-26-15-21(23-24-26)17-7-9-20(10-8-17)25(3)4/h5,7-10,15-16,18-19H,1,6,11-14H2,2-4H3,(H,28,29). The number of benzene rings is 1. The second-order valence-corrected chi connectivity index (χ2v) is 8.37. The van der Waals surface area contributed by atoms with Crippen molar-refractivity contribution in [3.05, 3.63) is 43.1 Å². The van der Waals surface area contributed by atoms with Crippen LogP contribution in [0.1, 0.15) is 26.2 Å². The van der Waals surface area contributed by atoms with Crippen LogP contribution in [0.25, 0.3) is 11.3 Å². The van der Waals surface area contributed by atoms with E-state index >= 15 is 0 Å². The molecule has 0 spiro atoms. The van der Waals surface area contributed by atoms with E-state index in [1.54, 1.807) is 0 Å². The fourth-order valence-corrected chi connectivity index (χ4v) is 4.46. The topological polar surface area (TPSA) is 54.3 Å². The number of likely N-dealkylation sites (tertiary alicyclic amines) is 1. The van der Waals surface area contributed by atoms with Crippen LogP contribution in [0.4, 0.5) is 10.5 Å². The number of aromatic nitrogens is 3. The summed E-state index contributed by atoms with van der Waals surface area (Å²) in [6.07, 6.45) is 6.93. The van der Waals surface area contributed by atoms with Crippen molar-refractivity contribution in [3.8, 4) is 11.3 Å². The van der Waals surface area contributed by atoms with Crippen molar-refractivity contribution in [1.82, 2.24) is 19.9 Å². The van der Waals surface area contributed by atoms with Gasteiger partial charge in [0.2, 0.25) is 0 Å². The van der Waals surface area contributed by atoms with Crippen molar-refractivity contribution in [2.45, 2.75) is 38.8 Å². The van der Waals surface area contributed by atoms with Crippen molar-refractivity contribution in [2.24, 2.45) is 11.8 Å². The number of hydrogen-bond donors (Lipinski definition) is 1. The van der Waals surface area contributed by atoms with E-state index in [1.807, 2.05) is 35.9 Å². The Morgan fingerprint density at radius 2 is 2.10 bits per heavy atom. The Bertz CT molecular complexity index is 832. The van der Waals surface area contributed by atoms with Gasteiger partial charge in [-0.3, -0.25) is 9.48 Å². The molecule has 1 aliphatic rings. The monoisotopic (exact) mass is 413 g/mol. The number of nitrogens with zero attached hydrogens (tertiary/aromatic N) is 5. The lowest BCUT2D eigenvalue weighted by Gasteiger charge is -2.40. The van der Waals surface area contributed by atoms with E-state index in [0.29, 0.717) is 11.8 Å². The van der Waals surface area contributed by atoms with Crippen LogP contribution in [0.3, 0.4) is 0 Å². The van der Waals surface area contributed by atoms with E-state index < -0.39 is 0 Å². The average molecular weight is 414 g/mol. The normalized spacial score (nSPS) is 20.3. The molecule has 0 bridgehead atoms. The molecule has 7 heteroatoms.